The van der Waals surface area contributed by atoms with Gasteiger partial charge in [-0.1, -0.05) is 6.92 Å². The number of likely N-dealkylation sites (tertiary alicyclic amines) is 1. The second-order valence-corrected chi connectivity index (χ2v) is 8.15. The van der Waals surface area contributed by atoms with Crippen LogP contribution in [0.15, 0.2) is 49.1 Å². The number of aromatic nitrogens is 3. The van der Waals surface area contributed by atoms with E-state index >= 15 is 0 Å². The Morgan fingerprint density at radius 2 is 2.07 bits per heavy atom. The Morgan fingerprint density at radius 1 is 1.22 bits per heavy atom. The third-order valence-corrected chi connectivity index (χ3v) is 6.36. The molecular weight excluding hydrogens is 356 g/mol. The minimum absolute atomic E-state index is 0.164. The number of nitrogens with zero attached hydrogens (tertiary/aromatic N) is 4. The molecule has 0 unspecified atom stereocenters. The summed E-state index contributed by atoms with van der Waals surface area (Å²) in [6.45, 7) is 4.48. The van der Waals surface area contributed by atoms with Crippen molar-refractivity contribution in [1.82, 2.24) is 19.4 Å². The van der Waals surface area contributed by atoms with Gasteiger partial charge in [0.05, 0.1) is 4.88 Å². The number of imidazole rings is 1. The molecule has 4 heterocycles. The summed E-state index contributed by atoms with van der Waals surface area (Å²) in [5.41, 5.74) is 1.21. The van der Waals surface area contributed by atoms with Gasteiger partial charge in [-0.05, 0) is 49.1 Å². The van der Waals surface area contributed by atoms with Crippen LogP contribution in [0.25, 0.3) is 0 Å². The summed E-state index contributed by atoms with van der Waals surface area (Å²) < 4.78 is 2.20. The van der Waals surface area contributed by atoms with Crippen molar-refractivity contribution in [2.45, 2.75) is 38.6 Å². The van der Waals surface area contributed by atoms with Gasteiger partial charge >= 0.3 is 0 Å². The predicted octanol–water partition coefficient (Wildman–Crippen LogP) is 3.97. The molecule has 1 atom stereocenters. The number of aryl methyl sites for hydroxylation is 1. The highest BCUT2D eigenvalue weighted by Crippen LogP contribution is 2.28. The minimum Gasteiger partial charge on any atom is -0.337 e. The molecule has 0 aromatic carbocycles. The number of pyridine rings is 1. The number of piperidine rings is 1. The van der Waals surface area contributed by atoms with E-state index in [0.717, 1.165) is 49.6 Å². The zero-order chi connectivity index (χ0) is 18.6. The molecule has 1 aliphatic rings. The van der Waals surface area contributed by atoms with Crippen molar-refractivity contribution < 1.29 is 4.79 Å². The second-order valence-electron chi connectivity index (χ2n) is 6.98. The first-order valence-corrected chi connectivity index (χ1v) is 10.3. The van der Waals surface area contributed by atoms with Crippen molar-refractivity contribution in [3.8, 4) is 0 Å². The van der Waals surface area contributed by atoms with Crippen LogP contribution in [0.1, 0.15) is 51.6 Å². The largest absolute Gasteiger partial charge is 0.337 e. The molecule has 6 heteroatoms. The SMILES string of the molecule is CCc1ccc(C(=O)N2CCC[C@@H](c3nccn3Cc3ccncc3)C2)s1. The van der Waals surface area contributed by atoms with Crippen LogP contribution in [0.2, 0.25) is 0 Å². The molecule has 0 aliphatic carbocycles. The highest BCUT2D eigenvalue weighted by molar-refractivity contribution is 7.14. The van der Waals surface area contributed by atoms with Crippen LogP contribution in [-0.2, 0) is 13.0 Å². The maximum absolute atomic E-state index is 12.9. The van der Waals surface area contributed by atoms with Gasteiger partial charge in [0.15, 0.2) is 0 Å². The quantitative estimate of drug-likeness (QED) is 0.673. The highest BCUT2D eigenvalue weighted by atomic mass is 32.1. The van der Waals surface area contributed by atoms with E-state index in [1.165, 1.54) is 10.4 Å². The Labute approximate surface area is 163 Å². The van der Waals surface area contributed by atoms with Crippen molar-refractivity contribution in [2.24, 2.45) is 0 Å². The van der Waals surface area contributed by atoms with Gasteiger partial charge in [-0.25, -0.2) is 4.98 Å². The van der Waals surface area contributed by atoms with E-state index in [0.29, 0.717) is 0 Å². The summed E-state index contributed by atoms with van der Waals surface area (Å²) in [6, 6.07) is 8.10. The number of carbonyl (C=O) groups excluding carboxylic acids is 1. The van der Waals surface area contributed by atoms with Gasteiger partial charge in [0.2, 0.25) is 0 Å². The number of rotatable bonds is 5. The van der Waals surface area contributed by atoms with Crippen LogP contribution in [0.4, 0.5) is 0 Å². The Bertz CT molecular complexity index is 902. The summed E-state index contributed by atoms with van der Waals surface area (Å²) >= 11 is 1.62. The zero-order valence-electron chi connectivity index (χ0n) is 15.5. The Kier molecular flexibility index (Phi) is 5.34. The molecule has 1 saturated heterocycles. The number of amides is 1. The maximum atomic E-state index is 12.9. The molecule has 3 aromatic heterocycles. The van der Waals surface area contributed by atoms with E-state index in [1.807, 2.05) is 47.9 Å². The Morgan fingerprint density at radius 3 is 2.85 bits per heavy atom. The van der Waals surface area contributed by atoms with Gasteiger partial charge in [0.25, 0.3) is 5.91 Å². The molecule has 0 spiro atoms. The van der Waals surface area contributed by atoms with E-state index in [-0.39, 0.29) is 11.8 Å². The predicted molar refractivity (Wildman–Crippen MR) is 107 cm³/mol. The standard InChI is InChI=1S/C21H24N4OS/c1-2-18-5-6-19(27-18)21(26)25-12-3-4-17(15-25)20-23-11-13-24(20)14-16-7-9-22-10-8-16/h5-11,13,17H,2-4,12,14-15H2,1H3/t17-/m1/s1. The summed E-state index contributed by atoms with van der Waals surface area (Å²) in [5, 5.41) is 0. The zero-order valence-corrected chi connectivity index (χ0v) is 16.4. The minimum atomic E-state index is 0.164. The van der Waals surface area contributed by atoms with Gasteiger partial charge in [-0.3, -0.25) is 9.78 Å². The first-order chi connectivity index (χ1) is 13.2. The topological polar surface area (TPSA) is 51.0 Å². The molecule has 0 saturated carbocycles. The van der Waals surface area contributed by atoms with Crippen molar-refractivity contribution in [1.29, 1.82) is 0 Å². The van der Waals surface area contributed by atoms with E-state index in [1.54, 1.807) is 11.3 Å². The van der Waals surface area contributed by atoms with Crippen LogP contribution in [-0.4, -0.2) is 38.4 Å². The molecule has 27 heavy (non-hydrogen) atoms. The van der Waals surface area contributed by atoms with Crippen LogP contribution < -0.4 is 0 Å². The smallest absolute Gasteiger partial charge is 0.263 e. The average molecular weight is 381 g/mol. The van der Waals surface area contributed by atoms with Crippen LogP contribution in [0, 0.1) is 0 Å². The summed E-state index contributed by atoms with van der Waals surface area (Å²) in [6.07, 6.45) is 10.6. The van der Waals surface area contributed by atoms with E-state index in [4.69, 9.17) is 0 Å². The number of carbonyl (C=O) groups is 1. The lowest BCUT2D eigenvalue weighted by molar-refractivity contribution is 0.0708. The first-order valence-electron chi connectivity index (χ1n) is 9.52. The van der Waals surface area contributed by atoms with Crippen LogP contribution >= 0.6 is 11.3 Å². The molecule has 0 bridgehead atoms. The molecular formula is C21H24N4OS. The first kappa shape index (κ1) is 17.9. The van der Waals surface area contributed by atoms with Crippen molar-refractivity contribution >= 4 is 17.2 Å². The fourth-order valence-electron chi connectivity index (χ4n) is 3.71. The molecule has 140 valence electrons. The van der Waals surface area contributed by atoms with Gasteiger partial charge in [-0.2, -0.15) is 0 Å². The monoisotopic (exact) mass is 380 g/mol. The Balaban J connectivity index is 1.49. The summed E-state index contributed by atoms with van der Waals surface area (Å²) in [4.78, 5) is 25.8. The lowest BCUT2D eigenvalue weighted by Gasteiger charge is -2.32. The summed E-state index contributed by atoms with van der Waals surface area (Å²) in [5.74, 6) is 1.52. The van der Waals surface area contributed by atoms with E-state index in [9.17, 15) is 4.79 Å². The molecule has 1 fully saturated rings. The highest BCUT2D eigenvalue weighted by Gasteiger charge is 2.28. The maximum Gasteiger partial charge on any atom is 0.263 e. The van der Waals surface area contributed by atoms with Crippen molar-refractivity contribution in [3.05, 3.63) is 70.2 Å². The molecule has 0 N–H and O–H groups in total. The third kappa shape index (κ3) is 3.95. The molecule has 0 radical (unpaired) electrons. The molecule has 4 rings (SSSR count). The van der Waals surface area contributed by atoms with Gasteiger partial charge in [0, 0.05) is 55.2 Å². The number of hydrogen-bond acceptors (Lipinski definition) is 4. The molecule has 5 nitrogen and oxygen atoms in total. The lowest BCUT2D eigenvalue weighted by atomic mass is 9.97. The lowest BCUT2D eigenvalue weighted by Crippen LogP contribution is -2.39. The number of hydrogen-bond donors (Lipinski definition) is 0. The summed E-state index contributed by atoms with van der Waals surface area (Å²) in [7, 11) is 0. The Hall–Kier alpha value is -2.47. The molecule has 1 aliphatic heterocycles. The molecule has 3 aromatic rings. The van der Waals surface area contributed by atoms with Crippen molar-refractivity contribution in [3.63, 3.8) is 0 Å². The van der Waals surface area contributed by atoms with Crippen LogP contribution in [0.3, 0.4) is 0 Å². The third-order valence-electron chi connectivity index (χ3n) is 5.14. The van der Waals surface area contributed by atoms with E-state index in [2.05, 4.69) is 27.5 Å². The van der Waals surface area contributed by atoms with Gasteiger partial charge < -0.3 is 9.47 Å². The van der Waals surface area contributed by atoms with Gasteiger partial charge in [-0.15, -0.1) is 11.3 Å². The fraction of sp³-hybridized carbons (Fsp3) is 0.381. The molecule has 1 amide bonds. The van der Waals surface area contributed by atoms with Gasteiger partial charge in [0.1, 0.15) is 5.82 Å². The normalized spacial score (nSPS) is 17.2. The number of thiophene rings is 1. The second kappa shape index (κ2) is 8.05. The van der Waals surface area contributed by atoms with Crippen LogP contribution in [0.5, 0.6) is 0 Å². The van der Waals surface area contributed by atoms with Crippen molar-refractivity contribution in [2.75, 3.05) is 13.1 Å². The fourth-order valence-corrected chi connectivity index (χ4v) is 4.63. The van der Waals surface area contributed by atoms with E-state index < -0.39 is 0 Å². The average Bonchev–Trinajstić information content (AvgIpc) is 3.38.